The lowest BCUT2D eigenvalue weighted by Gasteiger charge is -2.27. The number of hydrogen-bond acceptors (Lipinski definition) is 3. The summed E-state index contributed by atoms with van der Waals surface area (Å²) in [6.07, 6.45) is 1.50. The molecule has 4 nitrogen and oxygen atoms in total. The third kappa shape index (κ3) is 4.18. The van der Waals surface area contributed by atoms with Crippen molar-refractivity contribution in [2.75, 3.05) is 6.54 Å². The quantitative estimate of drug-likeness (QED) is 0.565. The minimum Gasteiger partial charge on any atom is -0.458 e. The topological polar surface area (TPSA) is 46.6 Å². The molecule has 1 aliphatic rings. The van der Waals surface area contributed by atoms with Gasteiger partial charge in [0.05, 0.1) is 0 Å². The van der Waals surface area contributed by atoms with Gasteiger partial charge in [0.1, 0.15) is 11.6 Å². The molecular formula is C16H20INO3. The summed E-state index contributed by atoms with van der Waals surface area (Å²) in [5.74, 6) is -0.404. The van der Waals surface area contributed by atoms with Crippen LogP contribution in [0.4, 0.5) is 0 Å². The summed E-state index contributed by atoms with van der Waals surface area (Å²) < 4.78 is 6.50. The van der Waals surface area contributed by atoms with Crippen LogP contribution in [0.1, 0.15) is 44.0 Å². The van der Waals surface area contributed by atoms with Gasteiger partial charge in [0.2, 0.25) is 0 Å². The highest BCUT2D eigenvalue weighted by Crippen LogP contribution is 2.23. The zero-order valence-electron chi connectivity index (χ0n) is 12.6. The largest absolute Gasteiger partial charge is 0.458 e. The minimum atomic E-state index is -0.531. The lowest BCUT2D eigenvalue weighted by Crippen LogP contribution is -2.43. The lowest BCUT2D eigenvalue weighted by molar-refractivity contribution is -0.159. The number of nitrogens with zero attached hydrogens (tertiary/aromatic N) is 1. The van der Waals surface area contributed by atoms with E-state index in [1.54, 1.807) is 17.0 Å². The number of esters is 1. The van der Waals surface area contributed by atoms with Gasteiger partial charge in [0, 0.05) is 15.7 Å². The van der Waals surface area contributed by atoms with Crippen molar-refractivity contribution in [3.8, 4) is 0 Å². The Labute approximate surface area is 139 Å². The first kappa shape index (κ1) is 16.3. The van der Waals surface area contributed by atoms with E-state index < -0.39 is 11.6 Å². The molecule has 0 radical (unpaired) electrons. The smallest absolute Gasteiger partial charge is 0.329 e. The number of carbonyl (C=O) groups is 2. The Hall–Kier alpha value is -1.11. The van der Waals surface area contributed by atoms with Gasteiger partial charge >= 0.3 is 5.97 Å². The molecule has 0 spiro atoms. The third-order valence-corrected chi connectivity index (χ3v) is 4.00. The van der Waals surface area contributed by atoms with Gasteiger partial charge in [-0.1, -0.05) is 0 Å². The van der Waals surface area contributed by atoms with Crippen LogP contribution in [0.2, 0.25) is 0 Å². The van der Waals surface area contributed by atoms with Crippen LogP contribution in [0, 0.1) is 3.57 Å². The third-order valence-electron chi connectivity index (χ3n) is 3.28. The van der Waals surface area contributed by atoms with Crippen molar-refractivity contribution in [2.24, 2.45) is 0 Å². The predicted molar refractivity (Wildman–Crippen MR) is 89.1 cm³/mol. The number of benzene rings is 1. The van der Waals surface area contributed by atoms with Crippen LogP contribution in [-0.2, 0) is 9.53 Å². The first-order chi connectivity index (χ1) is 9.78. The van der Waals surface area contributed by atoms with Gasteiger partial charge < -0.3 is 9.64 Å². The highest BCUT2D eigenvalue weighted by Gasteiger charge is 2.37. The summed E-state index contributed by atoms with van der Waals surface area (Å²) in [5, 5.41) is 0. The van der Waals surface area contributed by atoms with Crippen molar-refractivity contribution in [1.82, 2.24) is 4.90 Å². The van der Waals surface area contributed by atoms with E-state index in [0.29, 0.717) is 18.5 Å². The summed E-state index contributed by atoms with van der Waals surface area (Å²) in [4.78, 5) is 26.4. The zero-order valence-corrected chi connectivity index (χ0v) is 14.7. The molecule has 0 aliphatic carbocycles. The van der Waals surface area contributed by atoms with Crippen LogP contribution < -0.4 is 0 Å². The van der Waals surface area contributed by atoms with Crippen molar-refractivity contribution in [1.29, 1.82) is 0 Å². The second-order valence-corrected chi connectivity index (χ2v) is 7.44. The molecule has 0 saturated carbocycles. The van der Waals surface area contributed by atoms with Crippen molar-refractivity contribution >= 4 is 34.5 Å². The fourth-order valence-electron chi connectivity index (χ4n) is 2.38. The van der Waals surface area contributed by atoms with Gasteiger partial charge in [-0.3, -0.25) is 4.79 Å². The summed E-state index contributed by atoms with van der Waals surface area (Å²) in [6, 6.07) is 6.93. The molecule has 1 fully saturated rings. The van der Waals surface area contributed by atoms with E-state index in [-0.39, 0.29) is 11.9 Å². The average molecular weight is 401 g/mol. The summed E-state index contributed by atoms with van der Waals surface area (Å²) in [7, 11) is 0. The van der Waals surface area contributed by atoms with E-state index in [0.717, 1.165) is 9.99 Å². The van der Waals surface area contributed by atoms with Crippen LogP contribution >= 0.6 is 22.6 Å². The van der Waals surface area contributed by atoms with Crippen LogP contribution in [0.3, 0.4) is 0 Å². The molecule has 0 N–H and O–H groups in total. The Balaban J connectivity index is 2.13. The highest BCUT2D eigenvalue weighted by atomic mass is 127. The maximum absolute atomic E-state index is 12.6. The van der Waals surface area contributed by atoms with Gasteiger partial charge in [-0.05, 0) is 80.5 Å². The molecule has 1 atom stereocenters. The van der Waals surface area contributed by atoms with Crippen molar-refractivity contribution in [3.05, 3.63) is 33.4 Å². The summed E-state index contributed by atoms with van der Waals surface area (Å²) in [6.45, 7) is 6.12. The van der Waals surface area contributed by atoms with E-state index in [1.807, 2.05) is 32.9 Å². The fraction of sp³-hybridized carbons (Fsp3) is 0.500. The van der Waals surface area contributed by atoms with Crippen molar-refractivity contribution in [3.63, 3.8) is 0 Å². The first-order valence-electron chi connectivity index (χ1n) is 7.07. The molecule has 2 rings (SSSR count). The van der Waals surface area contributed by atoms with Gasteiger partial charge in [-0.15, -0.1) is 0 Å². The summed E-state index contributed by atoms with van der Waals surface area (Å²) in [5.41, 5.74) is 0.0860. The second-order valence-electron chi connectivity index (χ2n) is 6.20. The van der Waals surface area contributed by atoms with E-state index in [2.05, 4.69) is 22.6 Å². The fourth-order valence-corrected chi connectivity index (χ4v) is 2.74. The SMILES string of the molecule is CC(C)(C)OC(=O)[C@H]1CCCN1C(=O)c1ccc(I)cc1. The van der Waals surface area contributed by atoms with Gasteiger partial charge in [-0.25, -0.2) is 4.79 Å². The molecule has 0 aromatic heterocycles. The van der Waals surface area contributed by atoms with E-state index in [1.165, 1.54) is 0 Å². The molecule has 5 heteroatoms. The lowest BCUT2D eigenvalue weighted by atomic mass is 10.1. The molecule has 1 aromatic rings. The Morgan fingerprint density at radius 3 is 2.43 bits per heavy atom. The number of carbonyl (C=O) groups excluding carboxylic acids is 2. The molecular weight excluding hydrogens is 381 g/mol. The van der Waals surface area contributed by atoms with E-state index in [9.17, 15) is 9.59 Å². The Morgan fingerprint density at radius 1 is 1.24 bits per heavy atom. The molecule has 1 saturated heterocycles. The Morgan fingerprint density at radius 2 is 1.86 bits per heavy atom. The van der Waals surface area contributed by atoms with Crippen LogP contribution in [-0.4, -0.2) is 35.0 Å². The number of ether oxygens (including phenoxy) is 1. The van der Waals surface area contributed by atoms with Gasteiger partial charge in [0.25, 0.3) is 5.91 Å². The molecule has 0 unspecified atom stereocenters. The number of rotatable bonds is 2. The summed E-state index contributed by atoms with van der Waals surface area (Å²) >= 11 is 2.20. The molecule has 1 heterocycles. The van der Waals surface area contributed by atoms with Crippen molar-refractivity contribution in [2.45, 2.75) is 45.3 Å². The molecule has 21 heavy (non-hydrogen) atoms. The molecule has 1 aromatic carbocycles. The van der Waals surface area contributed by atoms with Crippen LogP contribution in [0.25, 0.3) is 0 Å². The second kappa shape index (κ2) is 6.34. The average Bonchev–Trinajstić information content (AvgIpc) is 2.86. The predicted octanol–water partition coefficient (Wildman–Crippen LogP) is 3.24. The zero-order chi connectivity index (χ0) is 15.6. The first-order valence-corrected chi connectivity index (χ1v) is 8.15. The Kier molecular flexibility index (Phi) is 4.91. The van der Waals surface area contributed by atoms with E-state index in [4.69, 9.17) is 4.74 Å². The molecule has 1 amide bonds. The normalized spacial score (nSPS) is 18.7. The molecule has 114 valence electrons. The minimum absolute atomic E-state index is 0.0974. The number of likely N-dealkylation sites (tertiary alicyclic amines) is 1. The number of amides is 1. The number of hydrogen-bond donors (Lipinski definition) is 0. The van der Waals surface area contributed by atoms with Crippen molar-refractivity contribution < 1.29 is 14.3 Å². The molecule has 0 bridgehead atoms. The standard InChI is InChI=1S/C16H20INO3/c1-16(2,3)21-15(20)13-5-4-10-18(13)14(19)11-6-8-12(17)9-7-11/h6-9,13H,4-5,10H2,1-3H3/t13-/m1/s1. The van der Waals surface area contributed by atoms with Gasteiger partial charge in [0.15, 0.2) is 0 Å². The Bertz CT molecular complexity index is 533. The van der Waals surface area contributed by atoms with Gasteiger partial charge in [-0.2, -0.15) is 0 Å². The highest BCUT2D eigenvalue weighted by molar-refractivity contribution is 14.1. The monoisotopic (exact) mass is 401 g/mol. The van der Waals surface area contributed by atoms with E-state index >= 15 is 0 Å². The van der Waals surface area contributed by atoms with Crippen LogP contribution in [0.5, 0.6) is 0 Å². The molecule has 1 aliphatic heterocycles. The van der Waals surface area contributed by atoms with Crippen LogP contribution in [0.15, 0.2) is 24.3 Å². The number of halogens is 1. The maximum Gasteiger partial charge on any atom is 0.329 e. The maximum atomic E-state index is 12.6.